The molecule has 0 radical (unpaired) electrons. The van der Waals surface area contributed by atoms with Gasteiger partial charge in [-0.15, -0.1) is 0 Å². The van der Waals surface area contributed by atoms with E-state index < -0.39 is 5.97 Å². The van der Waals surface area contributed by atoms with Gasteiger partial charge in [-0.25, -0.2) is 9.55 Å². The summed E-state index contributed by atoms with van der Waals surface area (Å²) in [6, 6.07) is 0. The Balaban J connectivity index is 2.31. The third-order valence-electron chi connectivity index (χ3n) is 2.46. The van der Waals surface area contributed by atoms with Crippen LogP contribution < -0.4 is 4.57 Å². The average molecular weight is 197 g/mol. The summed E-state index contributed by atoms with van der Waals surface area (Å²) >= 11 is 0. The van der Waals surface area contributed by atoms with Gasteiger partial charge in [0.25, 0.3) is 5.82 Å². The van der Waals surface area contributed by atoms with Gasteiger partial charge in [0, 0.05) is 19.8 Å². The molecule has 0 atom stereocenters. The standard InChI is InChI=1S/C10H16N2O2/c1-8-11-7-9(12(8)2)5-3-4-6-10(13)14/h7H,3-6H2,1-2H3,(H,13,14)/p+1. The second kappa shape index (κ2) is 4.79. The number of unbranched alkanes of at least 4 members (excludes halogenated alkanes) is 1. The van der Waals surface area contributed by atoms with Crippen molar-refractivity contribution in [2.45, 2.75) is 32.6 Å². The quantitative estimate of drug-likeness (QED) is 0.545. The molecule has 1 aromatic rings. The molecule has 0 saturated carbocycles. The Morgan fingerprint density at radius 2 is 2.29 bits per heavy atom. The van der Waals surface area contributed by atoms with Gasteiger partial charge in [0.2, 0.25) is 0 Å². The Hall–Kier alpha value is -1.32. The highest BCUT2D eigenvalue weighted by Crippen LogP contribution is 2.02. The van der Waals surface area contributed by atoms with Crippen LogP contribution in [-0.4, -0.2) is 16.1 Å². The minimum absolute atomic E-state index is 0.271. The van der Waals surface area contributed by atoms with Crippen LogP contribution in [0, 0.1) is 6.92 Å². The first-order valence-corrected chi connectivity index (χ1v) is 4.86. The largest absolute Gasteiger partial charge is 0.481 e. The second-order valence-electron chi connectivity index (χ2n) is 3.53. The fourth-order valence-corrected chi connectivity index (χ4v) is 1.42. The molecular weight excluding hydrogens is 180 g/mol. The molecule has 1 rings (SSSR count). The first-order valence-electron chi connectivity index (χ1n) is 4.86. The van der Waals surface area contributed by atoms with E-state index in [-0.39, 0.29) is 6.42 Å². The van der Waals surface area contributed by atoms with E-state index in [1.165, 1.54) is 5.69 Å². The summed E-state index contributed by atoms with van der Waals surface area (Å²) in [4.78, 5) is 13.4. The first-order chi connectivity index (χ1) is 6.61. The molecule has 0 aromatic carbocycles. The Labute approximate surface area is 83.6 Å². The molecule has 2 N–H and O–H groups in total. The summed E-state index contributed by atoms with van der Waals surface area (Å²) in [6.07, 6.45) is 4.87. The molecule has 0 aliphatic carbocycles. The number of nitrogens with one attached hydrogen (secondary N) is 1. The van der Waals surface area contributed by atoms with Crippen LogP contribution in [0.5, 0.6) is 0 Å². The van der Waals surface area contributed by atoms with Gasteiger partial charge in [-0.3, -0.25) is 4.79 Å². The van der Waals surface area contributed by atoms with E-state index >= 15 is 0 Å². The van der Waals surface area contributed by atoms with Gasteiger partial charge < -0.3 is 5.11 Å². The van der Waals surface area contributed by atoms with Crippen LogP contribution in [0.2, 0.25) is 0 Å². The maximum atomic E-state index is 10.3. The van der Waals surface area contributed by atoms with E-state index in [4.69, 9.17) is 5.11 Å². The summed E-state index contributed by atoms with van der Waals surface area (Å²) in [5, 5.41) is 8.46. The zero-order chi connectivity index (χ0) is 10.6. The molecule has 78 valence electrons. The molecule has 0 bridgehead atoms. The molecule has 1 aromatic heterocycles. The fourth-order valence-electron chi connectivity index (χ4n) is 1.42. The van der Waals surface area contributed by atoms with E-state index in [0.29, 0.717) is 0 Å². The van der Waals surface area contributed by atoms with Gasteiger partial charge >= 0.3 is 5.97 Å². The van der Waals surface area contributed by atoms with Crippen molar-refractivity contribution in [2.75, 3.05) is 0 Å². The van der Waals surface area contributed by atoms with Crippen molar-refractivity contribution in [1.82, 2.24) is 4.98 Å². The zero-order valence-electron chi connectivity index (χ0n) is 8.71. The molecule has 4 heteroatoms. The Morgan fingerprint density at radius 1 is 1.57 bits per heavy atom. The van der Waals surface area contributed by atoms with Gasteiger partial charge in [0.15, 0.2) is 0 Å². The van der Waals surface area contributed by atoms with Crippen LogP contribution in [0.25, 0.3) is 0 Å². The summed E-state index contributed by atoms with van der Waals surface area (Å²) in [5.74, 6) is 0.415. The highest BCUT2D eigenvalue weighted by molar-refractivity contribution is 5.66. The highest BCUT2D eigenvalue weighted by atomic mass is 16.4. The van der Waals surface area contributed by atoms with Crippen molar-refractivity contribution in [3.8, 4) is 0 Å². The van der Waals surface area contributed by atoms with Crippen LogP contribution in [0.1, 0.15) is 30.8 Å². The fraction of sp³-hybridized carbons (Fsp3) is 0.600. The maximum absolute atomic E-state index is 10.3. The molecule has 0 saturated heterocycles. The minimum Gasteiger partial charge on any atom is -0.481 e. The lowest BCUT2D eigenvalue weighted by Crippen LogP contribution is -2.33. The predicted molar refractivity (Wildman–Crippen MR) is 51.9 cm³/mol. The number of H-pyrrole nitrogens is 1. The number of carbonyl (C=O) groups is 1. The lowest BCUT2D eigenvalue weighted by Gasteiger charge is -1.96. The van der Waals surface area contributed by atoms with E-state index in [9.17, 15) is 4.79 Å². The van der Waals surface area contributed by atoms with Crippen molar-refractivity contribution in [3.05, 3.63) is 17.7 Å². The maximum Gasteiger partial charge on any atom is 0.303 e. The van der Waals surface area contributed by atoms with Crippen molar-refractivity contribution in [3.63, 3.8) is 0 Å². The van der Waals surface area contributed by atoms with Crippen LogP contribution in [-0.2, 0) is 18.3 Å². The third-order valence-corrected chi connectivity index (χ3v) is 2.46. The molecule has 0 amide bonds. The SMILES string of the molecule is Cc1[nH]cc(CCCCC(=O)O)[n+]1C. The number of hydrogen-bond acceptors (Lipinski definition) is 1. The van der Waals surface area contributed by atoms with E-state index in [1.807, 2.05) is 20.2 Å². The smallest absolute Gasteiger partial charge is 0.303 e. The number of aromatic amines is 1. The van der Waals surface area contributed by atoms with Crippen LogP contribution in [0.4, 0.5) is 0 Å². The van der Waals surface area contributed by atoms with Gasteiger partial charge in [-0.05, 0) is 12.8 Å². The second-order valence-corrected chi connectivity index (χ2v) is 3.53. The Bertz CT molecular complexity index is 318. The summed E-state index contributed by atoms with van der Waals surface area (Å²) in [7, 11) is 2.01. The lowest BCUT2D eigenvalue weighted by atomic mass is 10.1. The number of imidazole rings is 1. The molecule has 0 aliphatic heterocycles. The number of hydrogen-bond donors (Lipinski definition) is 2. The molecular formula is C10H17N2O2+. The Kier molecular flexibility index (Phi) is 3.68. The molecule has 0 unspecified atom stereocenters. The van der Waals surface area contributed by atoms with Crippen molar-refractivity contribution >= 4 is 5.97 Å². The first kappa shape index (κ1) is 10.8. The average Bonchev–Trinajstić information content (AvgIpc) is 2.43. The molecule has 0 fully saturated rings. The number of rotatable bonds is 5. The molecule has 14 heavy (non-hydrogen) atoms. The van der Waals surface area contributed by atoms with Gasteiger partial charge in [-0.1, -0.05) is 0 Å². The van der Waals surface area contributed by atoms with Crippen molar-refractivity contribution in [1.29, 1.82) is 0 Å². The number of aryl methyl sites for hydroxylation is 2. The normalized spacial score (nSPS) is 10.4. The summed E-state index contributed by atoms with van der Waals surface area (Å²) in [5.41, 5.74) is 1.23. The third kappa shape index (κ3) is 2.87. The number of aliphatic carboxylic acids is 1. The molecule has 1 heterocycles. The van der Waals surface area contributed by atoms with Crippen molar-refractivity contribution < 1.29 is 14.5 Å². The predicted octanol–water partition coefficient (Wildman–Crippen LogP) is 0.945. The zero-order valence-corrected chi connectivity index (χ0v) is 8.71. The highest BCUT2D eigenvalue weighted by Gasteiger charge is 2.09. The monoisotopic (exact) mass is 197 g/mol. The van der Waals surface area contributed by atoms with Crippen LogP contribution in [0.3, 0.4) is 0 Å². The van der Waals surface area contributed by atoms with Crippen molar-refractivity contribution in [2.24, 2.45) is 7.05 Å². The minimum atomic E-state index is -0.709. The van der Waals surface area contributed by atoms with Gasteiger partial charge in [0.1, 0.15) is 11.9 Å². The summed E-state index contributed by atoms with van der Waals surface area (Å²) < 4.78 is 2.10. The Morgan fingerprint density at radius 3 is 2.79 bits per heavy atom. The molecule has 4 nitrogen and oxygen atoms in total. The van der Waals surface area contributed by atoms with Gasteiger partial charge in [-0.2, -0.15) is 0 Å². The van der Waals surface area contributed by atoms with E-state index in [2.05, 4.69) is 9.55 Å². The number of nitrogens with zero attached hydrogens (tertiary/aromatic N) is 1. The number of aromatic nitrogens is 2. The van der Waals surface area contributed by atoms with Crippen LogP contribution in [0.15, 0.2) is 6.20 Å². The lowest BCUT2D eigenvalue weighted by molar-refractivity contribution is -0.683. The number of carboxylic acid groups (broad SMARTS) is 1. The van der Waals surface area contributed by atoms with E-state index in [1.54, 1.807) is 0 Å². The van der Waals surface area contributed by atoms with Gasteiger partial charge in [0.05, 0.1) is 7.05 Å². The summed E-state index contributed by atoms with van der Waals surface area (Å²) in [6.45, 7) is 2.01. The number of carboxylic acids is 1. The topological polar surface area (TPSA) is 57.0 Å². The molecule has 0 spiro atoms. The molecule has 0 aliphatic rings. The van der Waals surface area contributed by atoms with E-state index in [0.717, 1.165) is 25.1 Å². The van der Waals surface area contributed by atoms with Crippen LogP contribution >= 0.6 is 0 Å².